The fourth-order valence-corrected chi connectivity index (χ4v) is 7.38. The van der Waals surface area contributed by atoms with E-state index in [1.54, 1.807) is 30.0 Å². The molecule has 0 spiro atoms. The zero-order chi connectivity index (χ0) is 28.6. The standard InChI is InChI=1S/C29H36Cl2N2O5S/c1-4-23(18-32-39(37,38)29(3)14-15-29)33-26(19-8-10-21(30)11-9-19)24(20-6-5-7-22(31)16-20)17-28(2,27(33)36)13-12-25(34)35/h5-11,16,23-24,26,32H,4,12-15,17-18H2,1-3H3,(H,34,35)/t23-,24-,26-,28+/m0/s1. The van der Waals surface area contributed by atoms with Crippen molar-refractivity contribution >= 4 is 45.1 Å². The van der Waals surface area contributed by atoms with Crippen molar-refractivity contribution < 1.29 is 23.1 Å². The Balaban J connectivity index is 1.82. The SMILES string of the molecule is CC[C@@H](CNS(=O)(=O)C1(C)CC1)N1C(=O)[C@](C)(CCC(=O)O)C[C@@H](c2cccc(Cl)c2)[C@@H]1c1ccc(Cl)cc1. The van der Waals surface area contributed by atoms with Crippen molar-refractivity contribution in [3.05, 3.63) is 69.7 Å². The molecule has 0 aromatic heterocycles. The molecule has 1 saturated heterocycles. The van der Waals surface area contributed by atoms with Crippen LogP contribution in [0.15, 0.2) is 48.5 Å². The van der Waals surface area contributed by atoms with Crippen molar-refractivity contribution in [3.8, 4) is 0 Å². The predicted octanol–water partition coefficient (Wildman–Crippen LogP) is 6.17. The first-order valence-corrected chi connectivity index (χ1v) is 15.6. The van der Waals surface area contributed by atoms with Crippen molar-refractivity contribution in [3.63, 3.8) is 0 Å². The second-order valence-electron chi connectivity index (χ2n) is 11.4. The highest BCUT2D eigenvalue weighted by atomic mass is 35.5. The van der Waals surface area contributed by atoms with E-state index >= 15 is 0 Å². The molecule has 7 nitrogen and oxygen atoms in total. The number of benzene rings is 2. The maximum atomic E-state index is 14.4. The number of hydrogen-bond donors (Lipinski definition) is 2. The molecule has 212 valence electrons. The number of aliphatic carboxylic acids is 1. The number of carboxylic acid groups (broad SMARTS) is 1. The van der Waals surface area contributed by atoms with Crippen molar-refractivity contribution in [1.82, 2.24) is 9.62 Å². The van der Waals surface area contributed by atoms with Crippen LogP contribution in [0.2, 0.25) is 10.0 Å². The second-order valence-corrected chi connectivity index (χ2v) is 14.5. The lowest BCUT2D eigenvalue weighted by atomic mass is 9.66. The van der Waals surface area contributed by atoms with Crippen LogP contribution in [0.1, 0.15) is 82.4 Å². The number of piperidine rings is 1. The number of rotatable bonds is 11. The fourth-order valence-electron chi connectivity index (χ4n) is 5.66. The highest BCUT2D eigenvalue weighted by Gasteiger charge is 2.53. The lowest BCUT2D eigenvalue weighted by Gasteiger charge is -2.52. The third kappa shape index (κ3) is 6.29. The van der Waals surface area contributed by atoms with Gasteiger partial charge in [0.15, 0.2) is 0 Å². The van der Waals surface area contributed by atoms with Gasteiger partial charge in [-0.1, -0.05) is 61.3 Å². The van der Waals surface area contributed by atoms with Crippen LogP contribution in [0.25, 0.3) is 0 Å². The highest BCUT2D eigenvalue weighted by molar-refractivity contribution is 7.91. The number of amides is 1. The van der Waals surface area contributed by atoms with E-state index in [9.17, 15) is 23.1 Å². The molecule has 1 saturated carbocycles. The number of likely N-dealkylation sites (tertiary alicyclic amines) is 1. The average molecular weight is 596 g/mol. The maximum absolute atomic E-state index is 14.4. The smallest absolute Gasteiger partial charge is 0.303 e. The zero-order valence-electron chi connectivity index (χ0n) is 22.5. The molecule has 0 unspecified atom stereocenters. The van der Waals surface area contributed by atoms with Gasteiger partial charge in [-0.15, -0.1) is 0 Å². The minimum atomic E-state index is -3.56. The van der Waals surface area contributed by atoms with E-state index in [4.69, 9.17) is 23.2 Å². The van der Waals surface area contributed by atoms with Gasteiger partial charge in [-0.3, -0.25) is 9.59 Å². The third-order valence-electron chi connectivity index (χ3n) is 8.46. The largest absolute Gasteiger partial charge is 0.481 e. The molecule has 2 N–H and O–H groups in total. The fraction of sp³-hybridized carbons (Fsp3) is 0.517. The monoisotopic (exact) mass is 594 g/mol. The Morgan fingerprint density at radius 1 is 1.10 bits per heavy atom. The quantitative estimate of drug-likeness (QED) is 0.323. The van der Waals surface area contributed by atoms with E-state index in [2.05, 4.69) is 4.72 Å². The Morgan fingerprint density at radius 2 is 1.77 bits per heavy atom. The van der Waals surface area contributed by atoms with Crippen LogP contribution in [0.5, 0.6) is 0 Å². The number of carbonyl (C=O) groups excluding carboxylic acids is 1. The third-order valence-corrected chi connectivity index (χ3v) is 11.2. The number of hydrogen-bond acceptors (Lipinski definition) is 4. The predicted molar refractivity (Wildman–Crippen MR) is 153 cm³/mol. The van der Waals surface area contributed by atoms with Gasteiger partial charge in [0.1, 0.15) is 0 Å². The summed E-state index contributed by atoms with van der Waals surface area (Å²) >= 11 is 12.6. The number of carboxylic acids is 1. The normalized spacial score (nSPS) is 25.4. The lowest BCUT2D eigenvalue weighted by molar-refractivity contribution is -0.156. The number of nitrogens with zero attached hydrogens (tertiary/aromatic N) is 1. The Hall–Kier alpha value is -2.13. The van der Waals surface area contributed by atoms with E-state index in [0.717, 1.165) is 11.1 Å². The van der Waals surface area contributed by atoms with Gasteiger partial charge in [0.05, 0.1) is 10.8 Å². The molecule has 1 aliphatic heterocycles. The minimum absolute atomic E-state index is 0.0710. The lowest BCUT2D eigenvalue weighted by Crippen LogP contribution is -2.58. The number of nitrogens with one attached hydrogen (secondary N) is 1. The van der Waals surface area contributed by atoms with Crippen LogP contribution in [0, 0.1) is 5.41 Å². The molecule has 10 heteroatoms. The summed E-state index contributed by atoms with van der Waals surface area (Å²) in [5.74, 6) is -1.36. The van der Waals surface area contributed by atoms with Crippen molar-refractivity contribution in [1.29, 1.82) is 0 Å². The second kappa shape index (κ2) is 11.4. The molecule has 1 heterocycles. The van der Waals surface area contributed by atoms with Gasteiger partial charge in [-0.2, -0.15) is 0 Å². The first-order valence-electron chi connectivity index (χ1n) is 13.3. The molecule has 2 aromatic rings. The highest BCUT2D eigenvalue weighted by Crippen LogP contribution is 2.52. The first kappa shape index (κ1) is 29.8. The van der Waals surface area contributed by atoms with Gasteiger partial charge in [0.25, 0.3) is 0 Å². The van der Waals surface area contributed by atoms with E-state index in [1.165, 1.54) is 0 Å². The summed E-state index contributed by atoms with van der Waals surface area (Å²) < 4.78 is 28.0. The summed E-state index contributed by atoms with van der Waals surface area (Å²) in [6, 6.07) is 14.0. The van der Waals surface area contributed by atoms with Crippen LogP contribution >= 0.6 is 23.2 Å². The Bertz CT molecular complexity index is 1330. The summed E-state index contributed by atoms with van der Waals surface area (Å²) in [6.07, 6.45) is 2.17. The van der Waals surface area contributed by atoms with Gasteiger partial charge >= 0.3 is 5.97 Å². The van der Waals surface area contributed by atoms with E-state index in [1.807, 2.05) is 44.2 Å². The number of halogens is 2. The van der Waals surface area contributed by atoms with E-state index in [0.29, 0.717) is 35.7 Å². The maximum Gasteiger partial charge on any atom is 0.303 e. The molecule has 1 aliphatic carbocycles. The van der Waals surface area contributed by atoms with Crippen molar-refractivity contribution in [2.45, 2.75) is 82.0 Å². The number of carbonyl (C=O) groups is 2. The Kier molecular flexibility index (Phi) is 8.72. The molecule has 2 fully saturated rings. The molecule has 1 amide bonds. The summed E-state index contributed by atoms with van der Waals surface area (Å²) in [7, 11) is -3.56. The summed E-state index contributed by atoms with van der Waals surface area (Å²) in [6.45, 7) is 5.56. The zero-order valence-corrected chi connectivity index (χ0v) is 24.8. The molecule has 2 aliphatic rings. The summed E-state index contributed by atoms with van der Waals surface area (Å²) in [5, 5.41) is 10.6. The van der Waals surface area contributed by atoms with Crippen LogP contribution in [-0.4, -0.2) is 47.6 Å². The summed E-state index contributed by atoms with van der Waals surface area (Å²) in [5.41, 5.74) is 0.833. The molecule has 0 radical (unpaired) electrons. The van der Waals surface area contributed by atoms with Crippen LogP contribution in [0.3, 0.4) is 0 Å². The van der Waals surface area contributed by atoms with Crippen molar-refractivity contribution in [2.75, 3.05) is 6.54 Å². The van der Waals surface area contributed by atoms with Crippen LogP contribution in [0.4, 0.5) is 0 Å². The number of sulfonamides is 1. The molecule has 39 heavy (non-hydrogen) atoms. The van der Waals surface area contributed by atoms with Crippen molar-refractivity contribution in [2.24, 2.45) is 5.41 Å². The van der Waals surface area contributed by atoms with E-state index < -0.39 is 38.2 Å². The van der Waals surface area contributed by atoms with Gasteiger partial charge in [-0.25, -0.2) is 13.1 Å². The summed E-state index contributed by atoms with van der Waals surface area (Å²) in [4.78, 5) is 27.8. The molecule has 4 rings (SSSR count). The Labute approximate surface area is 240 Å². The minimum Gasteiger partial charge on any atom is -0.481 e. The molecule has 0 bridgehead atoms. The Morgan fingerprint density at radius 3 is 2.33 bits per heavy atom. The molecular weight excluding hydrogens is 559 g/mol. The van der Waals surface area contributed by atoms with Gasteiger partial charge in [0, 0.05) is 40.4 Å². The first-order chi connectivity index (χ1) is 18.3. The van der Waals surface area contributed by atoms with E-state index in [-0.39, 0.29) is 31.2 Å². The van der Waals surface area contributed by atoms with Crippen LogP contribution < -0.4 is 4.72 Å². The van der Waals surface area contributed by atoms with Gasteiger partial charge in [0.2, 0.25) is 15.9 Å². The molecule has 2 aromatic carbocycles. The van der Waals surface area contributed by atoms with Gasteiger partial charge < -0.3 is 10.0 Å². The van der Waals surface area contributed by atoms with Gasteiger partial charge in [-0.05, 0) is 74.4 Å². The molecular formula is C29H36Cl2N2O5S. The molecule has 4 atom stereocenters. The van der Waals surface area contributed by atoms with Crippen LogP contribution in [-0.2, 0) is 19.6 Å². The topological polar surface area (TPSA) is 104 Å². The average Bonchev–Trinajstić information content (AvgIpc) is 3.65.